The molecule has 0 radical (unpaired) electrons. The van der Waals surface area contributed by atoms with E-state index in [1.165, 1.54) is 0 Å². The summed E-state index contributed by atoms with van der Waals surface area (Å²) >= 11 is 0. The van der Waals surface area contributed by atoms with Crippen molar-refractivity contribution >= 4 is 11.0 Å². The molecule has 2 N–H and O–H groups in total. The number of hydrogen-bond acceptors (Lipinski definition) is 5. The van der Waals surface area contributed by atoms with E-state index in [1.54, 1.807) is 0 Å². The smallest absolute Gasteiger partial charge is 0.153 e. The quantitative estimate of drug-likeness (QED) is 0.592. The Bertz CT molecular complexity index is 1030. The van der Waals surface area contributed by atoms with Crippen LogP contribution in [0, 0.1) is 6.92 Å². The number of fused-ring (bicyclic) bond motifs is 2. The van der Waals surface area contributed by atoms with Crippen LogP contribution in [0.1, 0.15) is 23.6 Å². The van der Waals surface area contributed by atoms with Gasteiger partial charge in [0.2, 0.25) is 0 Å². The first-order chi connectivity index (χ1) is 12.8. The van der Waals surface area contributed by atoms with E-state index >= 15 is 0 Å². The SMILES string of the molecule is Cc1nnc2n1C[C@H](NCc1cn[nH]c1-c1cc3ccccc3o1)CC2. The van der Waals surface area contributed by atoms with Gasteiger partial charge in [0.15, 0.2) is 5.76 Å². The first kappa shape index (κ1) is 15.3. The molecule has 0 saturated carbocycles. The number of aromatic amines is 1. The highest BCUT2D eigenvalue weighted by Crippen LogP contribution is 2.28. The number of nitrogens with zero attached hydrogens (tertiary/aromatic N) is 4. The number of hydrogen-bond donors (Lipinski definition) is 2. The minimum Gasteiger partial charge on any atom is -0.454 e. The van der Waals surface area contributed by atoms with E-state index in [0.717, 1.165) is 65.6 Å². The van der Waals surface area contributed by atoms with E-state index in [0.29, 0.717) is 6.04 Å². The second kappa shape index (κ2) is 6.10. The van der Waals surface area contributed by atoms with Crippen LogP contribution in [0.15, 0.2) is 40.9 Å². The van der Waals surface area contributed by atoms with Crippen LogP contribution in [0.25, 0.3) is 22.4 Å². The van der Waals surface area contributed by atoms with Crippen molar-refractivity contribution in [1.29, 1.82) is 0 Å². The maximum atomic E-state index is 5.98. The Labute approximate surface area is 150 Å². The molecule has 7 nitrogen and oxygen atoms in total. The molecule has 0 aliphatic carbocycles. The Balaban J connectivity index is 1.33. The zero-order valence-corrected chi connectivity index (χ0v) is 14.6. The monoisotopic (exact) mass is 348 g/mol. The normalized spacial score (nSPS) is 16.9. The fourth-order valence-electron chi connectivity index (χ4n) is 3.65. The van der Waals surface area contributed by atoms with E-state index in [-0.39, 0.29) is 0 Å². The second-order valence-electron chi connectivity index (χ2n) is 6.81. The topological polar surface area (TPSA) is 84.6 Å². The van der Waals surface area contributed by atoms with Crippen LogP contribution < -0.4 is 5.32 Å². The number of benzene rings is 1. The number of para-hydroxylation sites is 1. The van der Waals surface area contributed by atoms with Gasteiger partial charge in [-0.2, -0.15) is 5.10 Å². The number of aromatic nitrogens is 5. The molecule has 1 aromatic carbocycles. The highest BCUT2D eigenvalue weighted by Gasteiger charge is 2.22. The molecule has 1 aliphatic rings. The number of aryl methyl sites for hydroxylation is 2. The first-order valence-corrected chi connectivity index (χ1v) is 8.91. The van der Waals surface area contributed by atoms with Gasteiger partial charge in [0, 0.05) is 36.5 Å². The van der Waals surface area contributed by atoms with Gasteiger partial charge in [-0.25, -0.2) is 0 Å². The van der Waals surface area contributed by atoms with Crippen molar-refractivity contribution in [3.63, 3.8) is 0 Å². The predicted octanol–water partition coefficient (Wildman–Crippen LogP) is 2.83. The summed E-state index contributed by atoms with van der Waals surface area (Å²) in [5.74, 6) is 2.89. The lowest BCUT2D eigenvalue weighted by Crippen LogP contribution is -2.37. The Morgan fingerprint density at radius 2 is 2.23 bits per heavy atom. The van der Waals surface area contributed by atoms with Gasteiger partial charge < -0.3 is 14.3 Å². The zero-order chi connectivity index (χ0) is 17.5. The summed E-state index contributed by atoms with van der Waals surface area (Å²) in [5, 5.41) is 20.5. The van der Waals surface area contributed by atoms with Crippen molar-refractivity contribution in [2.75, 3.05) is 0 Å². The molecule has 4 aromatic rings. The largest absolute Gasteiger partial charge is 0.454 e. The average molecular weight is 348 g/mol. The van der Waals surface area contributed by atoms with E-state index in [4.69, 9.17) is 4.42 Å². The van der Waals surface area contributed by atoms with Crippen molar-refractivity contribution in [2.45, 2.75) is 38.9 Å². The third-order valence-electron chi connectivity index (χ3n) is 5.10. The van der Waals surface area contributed by atoms with Gasteiger partial charge >= 0.3 is 0 Å². The third-order valence-corrected chi connectivity index (χ3v) is 5.10. The molecule has 132 valence electrons. The summed E-state index contributed by atoms with van der Waals surface area (Å²) in [6.45, 7) is 3.66. The number of H-pyrrole nitrogens is 1. The molecule has 1 atom stereocenters. The van der Waals surface area contributed by atoms with Gasteiger partial charge in [0.1, 0.15) is 22.9 Å². The van der Waals surface area contributed by atoms with Crippen LogP contribution >= 0.6 is 0 Å². The fraction of sp³-hybridized carbons (Fsp3) is 0.316. The van der Waals surface area contributed by atoms with Crippen molar-refractivity contribution in [1.82, 2.24) is 30.3 Å². The molecular weight excluding hydrogens is 328 g/mol. The highest BCUT2D eigenvalue weighted by atomic mass is 16.3. The van der Waals surface area contributed by atoms with Crippen LogP contribution in [0.5, 0.6) is 0 Å². The van der Waals surface area contributed by atoms with Crippen molar-refractivity contribution in [2.24, 2.45) is 0 Å². The minimum absolute atomic E-state index is 0.399. The first-order valence-electron chi connectivity index (χ1n) is 8.91. The molecule has 26 heavy (non-hydrogen) atoms. The van der Waals surface area contributed by atoms with E-state index < -0.39 is 0 Å². The summed E-state index contributed by atoms with van der Waals surface area (Å²) in [6, 6.07) is 10.5. The van der Waals surface area contributed by atoms with E-state index in [1.807, 2.05) is 31.3 Å². The van der Waals surface area contributed by atoms with E-state index in [9.17, 15) is 0 Å². The second-order valence-corrected chi connectivity index (χ2v) is 6.81. The minimum atomic E-state index is 0.399. The Morgan fingerprint density at radius 3 is 3.15 bits per heavy atom. The van der Waals surface area contributed by atoms with Gasteiger partial charge in [-0.05, 0) is 25.5 Å². The summed E-state index contributed by atoms with van der Waals surface area (Å²) in [5.41, 5.74) is 2.93. The van der Waals surface area contributed by atoms with Gasteiger partial charge in [-0.3, -0.25) is 5.10 Å². The molecule has 0 saturated heterocycles. The molecule has 0 bridgehead atoms. The molecule has 0 unspecified atom stereocenters. The number of furan rings is 1. The molecule has 0 spiro atoms. The molecule has 3 aromatic heterocycles. The zero-order valence-electron chi connectivity index (χ0n) is 14.6. The number of nitrogens with one attached hydrogen (secondary N) is 2. The lowest BCUT2D eigenvalue weighted by Gasteiger charge is -2.25. The van der Waals surface area contributed by atoms with Gasteiger partial charge in [-0.15, -0.1) is 10.2 Å². The lowest BCUT2D eigenvalue weighted by molar-refractivity contribution is 0.375. The molecule has 4 heterocycles. The van der Waals surface area contributed by atoms with Gasteiger partial charge in [0.25, 0.3) is 0 Å². The lowest BCUT2D eigenvalue weighted by atomic mass is 10.1. The molecule has 0 fully saturated rings. The standard InChI is InChI=1S/C19H20N6O/c1-12-22-23-18-7-6-15(11-25(12)18)20-9-14-10-21-24-19(14)17-8-13-4-2-3-5-16(13)26-17/h2-5,8,10,15,20H,6-7,9,11H2,1H3,(H,21,24)/t15-/m1/s1. The van der Waals surface area contributed by atoms with E-state index in [2.05, 4.69) is 42.4 Å². The Morgan fingerprint density at radius 1 is 1.31 bits per heavy atom. The summed E-state index contributed by atoms with van der Waals surface area (Å²) < 4.78 is 8.18. The third kappa shape index (κ3) is 2.61. The van der Waals surface area contributed by atoms with Crippen LogP contribution in [0.2, 0.25) is 0 Å². The summed E-state index contributed by atoms with van der Waals surface area (Å²) in [6.07, 6.45) is 3.89. The fourth-order valence-corrected chi connectivity index (χ4v) is 3.65. The van der Waals surface area contributed by atoms with Gasteiger partial charge in [-0.1, -0.05) is 18.2 Å². The molecule has 7 heteroatoms. The maximum Gasteiger partial charge on any atom is 0.153 e. The Kier molecular flexibility index (Phi) is 3.60. The van der Waals surface area contributed by atoms with Crippen molar-refractivity contribution < 1.29 is 4.42 Å². The van der Waals surface area contributed by atoms with Crippen LogP contribution in [0.3, 0.4) is 0 Å². The van der Waals surface area contributed by atoms with Crippen molar-refractivity contribution in [3.05, 3.63) is 53.7 Å². The van der Waals surface area contributed by atoms with Gasteiger partial charge in [0.05, 0.1) is 6.20 Å². The summed E-state index contributed by atoms with van der Waals surface area (Å²) in [4.78, 5) is 0. The molecular formula is C19H20N6O. The molecule has 1 aliphatic heterocycles. The predicted molar refractivity (Wildman–Crippen MR) is 97.5 cm³/mol. The van der Waals surface area contributed by atoms with Crippen molar-refractivity contribution in [3.8, 4) is 11.5 Å². The highest BCUT2D eigenvalue weighted by molar-refractivity contribution is 5.82. The maximum absolute atomic E-state index is 5.98. The average Bonchev–Trinajstić information content (AvgIpc) is 3.38. The Hall–Kier alpha value is -2.93. The number of rotatable bonds is 4. The molecule has 5 rings (SSSR count). The van der Waals surface area contributed by atoms with Crippen LogP contribution in [-0.4, -0.2) is 31.0 Å². The van der Waals surface area contributed by atoms with Crippen LogP contribution in [0.4, 0.5) is 0 Å². The summed E-state index contributed by atoms with van der Waals surface area (Å²) in [7, 11) is 0. The molecule has 0 amide bonds. The van der Waals surface area contributed by atoms with Crippen LogP contribution in [-0.2, 0) is 19.5 Å².